The maximum absolute atomic E-state index is 12.4. The van der Waals surface area contributed by atoms with Crippen molar-refractivity contribution in [1.82, 2.24) is 4.72 Å². The Hall–Kier alpha value is -1.66. The first-order chi connectivity index (χ1) is 11.5. The number of aliphatic carboxylic acids is 1. The summed E-state index contributed by atoms with van der Waals surface area (Å²) in [7, 11) is -3.46. The average Bonchev–Trinajstić information content (AvgIpc) is 2.98. The Morgan fingerprint density at radius 3 is 2.67 bits per heavy atom. The van der Waals surface area contributed by atoms with Crippen molar-refractivity contribution in [1.29, 1.82) is 0 Å². The lowest BCUT2D eigenvalue weighted by atomic mass is 10.00. The molecule has 0 amide bonds. The fraction of sp³-hybridized carbons (Fsp3) is 0.500. The van der Waals surface area contributed by atoms with Gasteiger partial charge in [0.05, 0.1) is 4.90 Å². The molecule has 6 heteroatoms. The SMILES string of the molecule is O=C(O)CCC/C=C\C[C@H]1CCC[C@H]1NS(=O)(=O)c1ccccc1. The largest absolute Gasteiger partial charge is 0.481 e. The predicted molar refractivity (Wildman–Crippen MR) is 93.1 cm³/mol. The topological polar surface area (TPSA) is 83.5 Å². The number of rotatable bonds is 9. The zero-order valence-corrected chi connectivity index (χ0v) is 14.5. The minimum Gasteiger partial charge on any atom is -0.481 e. The predicted octanol–water partition coefficient (Wildman–Crippen LogP) is 3.33. The highest BCUT2D eigenvalue weighted by Gasteiger charge is 2.30. The van der Waals surface area contributed by atoms with Gasteiger partial charge in [0.15, 0.2) is 0 Å². The van der Waals surface area contributed by atoms with Gasteiger partial charge in [-0.15, -0.1) is 0 Å². The number of sulfonamides is 1. The molecule has 0 aliphatic heterocycles. The molecule has 1 fully saturated rings. The molecular weight excluding hydrogens is 326 g/mol. The third kappa shape index (κ3) is 5.76. The number of benzene rings is 1. The summed E-state index contributed by atoms with van der Waals surface area (Å²) in [5, 5.41) is 8.59. The highest BCUT2D eigenvalue weighted by molar-refractivity contribution is 7.89. The van der Waals surface area contributed by atoms with Crippen molar-refractivity contribution in [3.8, 4) is 0 Å². The van der Waals surface area contributed by atoms with E-state index in [1.54, 1.807) is 30.3 Å². The Kier molecular flexibility index (Phi) is 6.99. The second-order valence-corrected chi connectivity index (χ2v) is 7.94. The van der Waals surface area contributed by atoms with E-state index in [1.807, 2.05) is 6.08 Å². The van der Waals surface area contributed by atoms with E-state index in [1.165, 1.54) is 0 Å². The normalized spacial score (nSPS) is 21.3. The molecule has 24 heavy (non-hydrogen) atoms. The number of allylic oxidation sites excluding steroid dienone is 2. The minimum absolute atomic E-state index is 0.0288. The number of nitrogens with one attached hydrogen (secondary N) is 1. The van der Waals surface area contributed by atoms with Crippen molar-refractivity contribution in [2.75, 3.05) is 0 Å². The summed E-state index contributed by atoms with van der Waals surface area (Å²) in [6.45, 7) is 0. The number of hydrogen-bond acceptors (Lipinski definition) is 3. The van der Waals surface area contributed by atoms with Crippen LogP contribution in [0.1, 0.15) is 44.9 Å². The quantitative estimate of drug-likeness (QED) is 0.528. The van der Waals surface area contributed by atoms with Crippen LogP contribution in [-0.2, 0) is 14.8 Å². The third-order valence-corrected chi connectivity index (χ3v) is 5.89. The molecule has 0 saturated heterocycles. The Balaban J connectivity index is 1.84. The van der Waals surface area contributed by atoms with E-state index in [0.717, 1.165) is 32.1 Å². The van der Waals surface area contributed by atoms with Crippen molar-refractivity contribution in [3.63, 3.8) is 0 Å². The monoisotopic (exact) mass is 351 g/mol. The van der Waals surface area contributed by atoms with Gasteiger partial charge in [-0.2, -0.15) is 0 Å². The lowest BCUT2D eigenvalue weighted by molar-refractivity contribution is -0.137. The van der Waals surface area contributed by atoms with Gasteiger partial charge < -0.3 is 5.11 Å². The second kappa shape index (κ2) is 8.99. The van der Waals surface area contributed by atoms with E-state index in [2.05, 4.69) is 10.8 Å². The highest BCUT2D eigenvalue weighted by atomic mass is 32.2. The van der Waals surface area contributed by atoms with Crippen molar-refractivity contribution in [2.24, 2.45) is 5.92 Å². The molecule has 1 aromatic carbocycles. The first kappa shape index (κ1) is 18.7. The van der Waals surface area contributed by atoms with Crippen LogP contribution in [0.5, 0.6) is 0 Å². The molecule has 1 aliphatic rings. The maximum atomic E-state index is 12.4. The first-order valence-electron chi connectivity index (χ1n) is 8.43. The zero-order chi connectivity index (χ0) is 17.4. The molecule has 132 valence electrons. The van der Waals surface area contributed by atoms with Gasteiger partial charge in [0.1, 0.15) is 0 Å². The van der Waals surface area contributed by atoms with Crippen LogP contribution < -0.4 is 4.72 Å². The van der Waals surface area contributed by atoms with Gasteiger partial charge in [-0.25, -0.2) is 13.1 Å². The molecule has 2 atom stereocenters. The summed E-state index contributed by atoms with van der Waals surface area (Å²) in [4.78, 5) is 10.8. The van der Waals surface area contributed by atoms with Crippen LogP contribution in [0.15, 0.2) is 47.4 Å². The van der Waals surface area contributed by atoms with Gasteiger partial charge in [-0.05, 0) is 50.2 Å². The molecule has 0 bridgehead atoms. The zero-order valence-electron chi connectivity index (χ0n) is 13.7. The van der Waals surface area contributed by atoms with E-state index >= 15 is 0 Å². The fourth-order valence-corrected chi connectivity index (χ4v) is 4.46. The number of carbonyl (C=O) groups is 1. The molecule has 0 spiro atoms. The van der Waals surface area contributed by atoms with E-state index in [9.17, 15) is 13.2 Å². The summed E-state index contributed by atoms with van der Waals surface area (Å²) in [5.74, 6) is -0.464. The average molecular weight is 351 g/mol. The van der Waals surface area contributed by atoms with Crippen LogP contribution in [-0.4, -0.2) is 25.5 Å². The van der Waals surface area contributed by atoms with Crippen LogP contribution in [0.3, 0.4) is 0 Å². The molecule has 1 aliphatic carbocycles. The summed E-state index contributed by atoms with van der Waals surface area (Å²) < 4.78 is 27.7. The van der Waals surface area contributed by atoms with Crippen LogP contribution in [0, 0.1) is 5.92 Å². The molecule has 0 heterocycles. The van der Waals surface area contributed by atoms with Gasteiger partial charge in [0, 0.05) is 12.5 Å². The molecule has 5 nitrogen and oxygen atoms in total. The number of carboxylic acid groups (broad SMARTS) is 1. The molecule has 0 radical (unpaired) electrons. The molecule has 2 N–H and O–H groups in total. The lowest BCUT2D eigenvalue weighted by Crippen LogP contribution is -2.37. The van der Waals surface area contributed by atoms with Crippen molar-refractivity contribution < 1.29 is 18.3 Å². The van der Waals surface area contributed by atoms with Crippen molar-refractivity contribution in [3.05, 3.63) is 42.5 Å². The lowest BCUT2D eigenvalue weighted by Gasteiger charge is -2.19. The van der Waals surface area contributed by atoms with Gasteiger partial charge in [0.2, 0.25) is 10.0 Å². The Morgan fingerprint density at radius 2 is 1.96 bits per heavy atom. The number of unbranched alkanes of at least 4 members (excludes halogenated alkanes) is 1. The highest BCUT2D eigenvalue weighted by Crippen LogP contribution is 2.30. The first-order valence-corrected chi connectivity index (χ1v) is 9.91. The molecule has 0 aromatic heterocycles. The minimum atomic E-state index is -3.46. The molecule has 2 rings (SSSR count). The summed E-state index contributed by atoms with van der Waals surface area (Å²) in [6, 6.07) is 8.43. The third-order valence-electron chi connectivity index (χ3n) is 4.39. The van der Waals surface area contributed by atoms with E-state index in [0.29, 0.717) is 17.2 Å². The van der Waals surface area contributed by atoms with Crippen LogP contribution in [0.2, 0.25) is 0 Å². The summed E-state index contributed by atoms with van der Waals surface area (Å²) in [6.07, 6.45) is 9.37. The van der Waals surface area contributed by atoms with Gasteiger partial charge in [-0.3, -0.25) is 4.79 Å². The Labute approximate surface area is 143 Å². The second-order valence-electron chi connectivity index (χ2n) is 6.22. The summed E-state index contributed by atoms with van der Waals surface area (Å²) in [5.41, 5.74) is 0. The van der Waals surface area contributed by atoms with Gasteiger partial charge in [-0.1, -0.05) is 36.8 Å². The molecular formula is C18H25NO4S. The number of hydrogen-bond donors (Lipinski definition) is 2. The van der Waals surface area contributed by atoms with Gasteiger partial charge in [0.25, 0.3) is 0 Å². The van der Waals surface area contributed by atoms with E-state index in [4.69, 9.17) is 5.11 Å². The van der Waals surface area contributed by atoms with E-state index < -0.39 is 16.0 Å². The molecule has 1 aromatic rings. The Morgan fingerprint density at radius 1 is 1.21 bits per heavy atom. The van der Waals surface area contributed by atoms with E-state index in [-0.39, 0.29) is 12.5 Å². The van der Waals surface area contributed by atoms with Gasteiger partial charge >= 0.3 is 5.97 Å². The smallest absolute Gasteiger partial charge is 0.303 e. The fourth-order valence-electron chi connectivity index (χ4n) is 3.10. The van der Waals surface area contributed by atoms with Crippen molar-refractivity contribution in [2.45, 2.75) is 55.9 Å². The van der Waals surface area contributed by atoms with Crippen molar-refractivity contribution >= 4 is 16.0 Å². The van der Waals surface area contributed by atoms with Crippen LogP contribution in [0.25, 0.3) is 0 Å². The molecule has 1 saturated carbocycles. The van der Waals surface area contributed by atoms with Crippen LogP contribution in [0.4, 0.5) is 0 Å². The molecule has 0 unspecified atom stereocenters. The summed E-state index contributed by atoms with van der Waals surface area (Å²) >= 11 is 0. The number of carboxylic acids is 1. The Bertz CT molecular complexity index is 655. The maximum Gasteiger partial charge on any atom is 0.303 e. The standard InChI is InChI=1S/C18H25NO4S/c20-18(21)14-7-2-1-4-9-15-10-8-13-17(15)19-24(22,23)16-11-5-3-6-12-16/h1,3-6,11-12,15,17,19H,2,7-10,13-14H2,(H,20,21)/b4-1-/t15-,17+/m0/s1. The van der Waals surface area contributed by atoms with Crippen LogP contribution >= 0.6 is 0 Å².